The molecule has 2 aromatic carbocycles. The SMILES string of the molecule is NC(=O)C(Cc1ccccc1)c1ccc2c(c1)CCCC2. The highest BCUT2D eigenvalue weighted by molar-refractivity contribution is 5.82. The zero-order valence-electron chi connectivity index (χ0n) is 12.2. The molecule has 21 heavy (non-hydrogen) atoms. The van der Waals surface area contributed by atoms with Gasteiger partial charge in [-0.25, -0.2) is 0 Å². The molecule has 3 rings (SSSR count). The summed E-state index contributed by atoms with van der Waals surface area (Å²) in [6.07, 6.45) is 5.48. The van der Waals surface area contributed by atoms with Crippen LogP contribution in [-0.2, 0) is 24.1 Å². The quantitative estimate of drug-likeness (QED) is 0.916. The maximum Gasteiger partial charge on any atom is 0.225 e. The first kappa shape index (κ1) is 13.9. The minimum absolute atomic E-state index is 0.236. The molecule has 0 heterocycles. The lowest BCUT2D eigenvalue weighted by Crippen LogP contribution is -2.23. The third-order valence-electron chi connectivity index (χ3n) is 4.40. The number of nitrogens with two attached hydrogens (primary N) is 1. The summed E-state index contributed by atoms with van der Waals surface area (Å²) in [6.45, 7) is 0. The summed E-state index contributed by atoms with van der Waals surface area (Å²) >= 11 is 0. The molecule has 0 aliphatic heterocycles. The Kier molecular flexibility index (Phi) is 4.05. The van der Waals surface area contributed by atoms with Crippen LogP contribution in [0, 0.1) is 0 Å². The number of aryl methyl sites for hydroxylation is 2. The number of carbonyl (C=O) groups excluding carboxylic acids is 1. The van der Waals surface area contributed by atoms with Crippen molar-refractivity contribution >= 4 is 5.91 Å². The molecule has 2 N–H and O–H groups in total. The Morgan fingerprint density at radius 2 is 1.71 bits per heavy atom. The largest absolute Gasteiger partial charge is 0.369 e. The van der Waals surface area contributed by atoms with Crippen LogP contribution in [-0.4, -0.2) is 5.91 Å². The average molecular weight is 279 g/mol. The maximum absolute atomic E-state index is 11.9. The fourth-order valence-electron chi connectivity index (χ4n) is 3.20. The van der Waals surface area contributed by atoms with Gasteiger partial charge in [-0.1, -0.05) is 48.5 Å². The number of amides is 1. The van der Waals surface area contributed by atoms with Crippen molar-refractivity contribution in [2.24, 2.45) is 5.73 Å². The highest BCUT2D eigenvalue weighted by Crippen LogP contribution is 2.27. The van der Waals surface area contributed by atoms with Crippen molar-refractivity contribution in [1.82, 2.24) is 0 Å². The lowest BCUT2D eigenvalue weighted by atomic mass is 9.85. The summed E-state index contributed by atoms with van der Waals surface area (Å²) < 4.78 is 0. The Labute approximate surface area is 126 Å². The average Bonchev–Trinajstić information content (AvgIpc) is 2.53. The van der Waals surface area contributed by atoms with E-state index in [1.807, 2.05) is 30.3 Å². The van der Waals surface area contributed by atoms with Crippen LogP contribution in [0.4, 0.5) is 0 Å². The van der Waals surface area contributed by atoms with Gasteiger partial charge in [-0.05, 0) is 54.4 Å². The fourth-order valence-corrected chi connectivity index (χ4v) is 3.20. The number of primary amides is 1. The van der Waals surface area contributed by atoms with E-state index in [4.69, 9.17) is 5.73 Å². The third kappa shape index (κ3) is 3.15. The van der Waals surface area contributed by atoms with Crippen LogP contribution in [0.1, 0.15) is 41.0 Å². The van der Waals surface area contributed by atoms with Gasteiger partial charge >= 0.3 is 0 Å². The summed E-state index contributed by atoms with van der Waals surface area (Å²) in [4.78, 5) is 11.9. The zero-order valence-corrected chi connectivity index (χ0v) is 12.2. The van der Waals surface area contributed by atoms with E-state index in [0.29, 0.717) is 6.42 Å². The summed E-state index contributed by atoms with van der Waals surface area (Å²) in [6, 6.07) is 16.6. The molecule has 0 saturated heterocycles. The molecule has 1 amide bonds. The molecule has 0 spiro atoms. The van der Waals surface area contributed by atoms with Crippen molar-refractivity contribution in [3.8, 4) is 0 Å². The van der Waals surface area contributed by atoms with Crippen molar-refractivity contribution in [2.45, 2.75) is 38.0 Å². The predicted octanol–water partition coefficient (Wildman–Crippen LogP) is 3.38. The van der Waals surface area contributed by atoms with Gasteiger partial charge in [0.2, 0.25) is 5.91 Å². The van der Waals surface area contributed by atoms with Crippen LogP contribution in [0.25, 0.3) is 0 Å². The van der Waals surface area contributed by atoms with E-state index < -0.39 is 0 Å². The predicted molar refractivity (Wildman–Crippen MR) is 85.2 cm³/mol. The molecular weight excluding hydrogens is 258 g/mol. The van der Waals surface area contributed by atoms with Gasteiger partial charge in [0, 0.05) is 0 Å². The standard InChI is InChI=1S/C19H21NO/c20-19(21)18(12-14-6-2-1-3-7-14)17-11-10-15-8-4-5-9-16(15)13-17/h1-3,6-7,10-11,13,18H,4-5,8-9,12H2,(H2,20,21). The Morgan fingerprint density at radius 1 is 1.00 bits per heavy atom. The first-order chi connectivity index (χ1) is 10.2. The number of hydrogen-bond acceptors (Lipinski definition) is 1. The molecule has 1 aliphatic rings. The summed E-state index contributed by atoms with van der Waals surface area (Å²) in [5, 5.41) is 0. The molecule has 1 atom stereocenters. The highest BCUT2D eigenvalue weighted by atomic mass is 16.1. The van der Waals surface area contributed by atoms with Gasteiger partial charge in [-0.3, -0.25) is 4.79 Å². The lowest BCUT2D eigenvalue weighted by molar-refractivity contribution is -0.119. The first-order valence-electron chi connectivity index (χ1n) is 7.69. The van der Waals surface area contributed by atoms with Crippen LogP contribution in [0.5, 0.6) is 0 Å². The fraction of sp³-hybridized carbons (Fsp3) is 0.316. The van der Waals surface area contributed by atoms with Gasteiger partial charge in [0.05, 0.1) is 5.92 Å². The molecule has 2 heteroatoms. The van der Waals surface area contributed by atoms with Crippen LogP contribution < -0.4 is 5.73 Å². The molecule has 1 unspecified atom stereocenters. The Morgan fingerprint density at radius 3 is 2.43 bits per heavy atom. The first-order valence-corrected chi connectivity index (χ1v) is 7.69. The van der Waals surface area contributed by atoms with Crippen LogP contribution >= 0.6 is 0 Å². The molecule has 2 aromatic rings. The Hall–Kier alpha value is -2.09. The van der Waals surface area contributed by atoms with Crippen LogP contribution in [0.2, 0.25) is 0 Å². The van der Waals surface area contributed by atoms with Crippen molar-refractivity contribution in [3.63, 3.8) is 0 Å². The second-order valence-electron chi connectivity index (χ2n) is 5.88. The second kappa shape index (κ2) is 6.13. The zero-order chi connectivity index (χ0) is 14.7. The monoisotopic (exact) mass is 279 g/mol. The third-order valence-corrected chi connectivity index (χ3v) is 4.40. The van der Waals surface area contributed by atoms with Crippen molar-refractivity contribution < 1.29 is 4.79 Å². The molecule has 0 aromatic heterocycles. The maximum atomic E-state index is 11.9. The molecule has 0 fully saturated rings. The van der Waals surface area contributed by atoms with E-state index in [-0.39, 0.29) is 11.8 Å². The molecule has 0 radical (unpaired) electrons. The van der Waals surface area contributed by atoms with Crippen LogP contribution in [0.15, 0.2) is 48.5 Å². The molecule has 1 aliphatic carbocycles. The van der Waals surface area contributed by atoms with Crippen LogP contribution in [0.3, 0.4) is 0 Å². The van der Waals surface area contributed by atoms with Gasteiger partial charge in [-0.2, -0.15) is 0 Å². The van der Waals surface area contributed by atoms with E-state index in [9.17, 15) is 4.79 Å². The van der Waals surface area contributed by atoms with E-state index in [0.717, 1.165) is 24.0 Å². The molecule has 0 bridgehead atoms. The van der Waals surface area contributed by atoms with Gasteiger partial charge in [0.1, 0.15) is 0 Å². The summed E-state index contributed by atoms with van der Waals surface area (Å²) in [5.74, 6) is -0.478. The van der Waals surface area contributed by atoms with Gasteiger partial charge < -0.3 is 5.73 Å². The number of fused-ring (bicyclic) bond motifs is 1. The summed E-state index contributed by atoms with van der Waals surface area (Å²) in [7, 11) is 0. The number of hydrogen-bond donors (Lipinski definition) is 1. The smallest absolute Gasteiger partial charge is 0.225 e. The van der Waals surface area contributed by atoms with E-state index in [2.05, 4.69) is 18.2 Å². The molecule has 0 saturated carbocycles. The minimum atomic E-state index is -0.241. The minimum Gasteiger partial charge on any atom is -0.369 e. The van der Waals surface area contributed by atoms with Crippen molar-refractivity contribution in [1.29, 1.82) is 0 Å². The van der Waals surface area contributed by atoms with Crippen molar-refractivity contribution in [2.75, 3.05) is 0 Å². The number of benzene rings is 2. The topological polar surface area (TPSA) is 43.1 Å². The van der Waals surface area contributed by atoms with Gasteiger partial charge in [0.15, 0.2) is 0 Å². The van der Waals surface area contributed by atoms with E-state index >= 15 is 0 Å². The van der Waals surface area contributed by atoms with E-state index in [1.165, 1.54) is 24.0 Å². The molecule has 2 nitrogen and oxygen atoms in total. The normalized spacial score (nSPS) is 15.2. The number of carbonyl (C=O) groups is 1. The van der Waals surface area contributed by atoms with E-state index in [1.54, 1.807) is 0 Å². The Bertz CT molecular complexity index is 633. The highest BCUT2D eigenvalue weighted by Gasteiger charge is 2.20. The lowest BCUT2D eigenvalue weighted by Gasteiger charge is -2.20. The van der Waals surface area contributed by atoms with Gasteiger partial charge in [-0.15, -0.1) is 0 Å². The Balaban J connectivity index is 1.89. The number of rotatable bonds is 4. The van der Waals surface area contributed by atoms with Crippen molar-refractivity contribution in [3.05, 3.63) is 70.8 Å². The van der Waals surface area contributed by atoms with Gasteiger partial charge in [0.25, 0.3) is 0 Å². The summed E-state index contributed by atoms with van der Waals surface area (Å²) in [5.41, 5.74) is 10.7. The molecular formula is C19H21NO. The second-order valence-corrected chi connectivity index (χ2v) is 5.88. The molecule has 108 valence electrons.